The first-order chi connectivity index (χ1) is 17.6. The fraction of sp³-hybridized carbons (Fsp3) is 0.720. The smallest absolute Gasteiger partial charge is 0.333 e. The minimum atomic E-state index is -0.510. The Labute approximate surface area is 210 Å². The second-order valence-electron chi connectivity index (χ2n) is 8.60. The summed E-state index contributed by atoms with van der Waals surface area (Å²) in [6, 6.07) is 0. The molecule has 0 aromatic carbocycles. The maximum atomic E-state index is 13.1. The molecular formula is C25H37N5O6. The lowest BCUT2D eigenvalue weighted by atomic mass is 10.1. The zero-order valence-corrected chi connectivity index (χ0v) is 21.0. The lowest BCUT2D eigenvalue weighted by Gasteiger charge is -2.16. The van der Waals surface area contributed by atoms with E-state index in [1.54, 1.807) is 0 Å². The Morgan fingerprint density at radius 3 is 1.47 bits per heavy atom. The Morgan fingerprint density at radius 2 is 1.00 bits per heavy atom. The van der Waals surface area contributed by atoms with E-state index in [0.29, 0.717) is 51.9 Å². The van der Waals surface area contributed by atoms with Gasteiger partial charge in [0.1, 0.15) is 0 Å². The number of nitrogens with zero attached hydrogens (tertiary/aromatic N) is 5. The predicted molar refractivity (Wildman–Crippen MR) is 135 cm³/mol. The molecule has 1 aromatic heterocycles. The van der Waals surface area contributed by atoms with E-state index in [-0.39, 0.29) is 18.0 Å². The van der Waals surface area contributed by atoms with Gasteiger partial charge in [-0.3, -0.25) is 13.9 Å². The van der Waals surface area contributed by atoms with Gasteiger partial charge in [0.05, 0.1) is 25.2 Å². The van der Waals surface area contributed by atoms with E-state index in [1.807, 2.05) is 0 Å². The molecule has 0 saturated heterocycles. The topological polar surface area (TPSA) is 153 Å². The highest BCUT2D eigenvalue weighted by Gasteiger charge is 2.18. The summed E-state index contributed by atoms with van der Waals surface area (Å²) in [4.78, 5) is 67.1. The van der Waals surface area contributed by atoms with Crippen LogP contribution in [0.15, 0.2) is 24.6 Å². The van der Waals surface area contributed by atoms with Crippen molar-refractivity contribution in [3.8, 4) is 5.88 Å². The molecule has 1 rings (SSSR count). The van der Waals surface area contributed by atoms with Crippen molar-refractivity contribution in [3.05, 3.63) is 26.4 Å². The molecule has 0 unspecified atom stereocenters. The van der Waals surface area contributed by atoms with Crippen LogP contribution in [0.25, 0.3) is 0 Å². The first kappa shape index (κ1) is 30.7. The molecule has 0 atom stereocenters. The number of aromatic nitrogens is 2. The predicted octanol–water partition coefficient (Wildman–Crippen LogP) is 2.95. The van der Waals surface area contributed by atoms with Gasteiger partial charge in [0.15, 0.2) is 0 Å². The minimum Gasteiger partial charge on any atom is -0.494 e. The summed E-state index contributed by atoms with van der Waals surface area (Å²) in [5.41, 5.74) is -0.707. The van der Waals surface area contributed by atoms with Gasteiger partial charge < -0.3 is 5.11 Å². The lowest BCUT2D eigenvalue weighted by Crippen LogP contribution is -2.41. The van der Waals surface area contributed by atoms with Crippen LogP contribution in [0.1, 0.15) is 82.6 Å². The number of aliphatic imine (C=N–C) groups is 3. The van der Waals surface area contributed by atoms with Crippen molar-refractivity contribution in [1.82, 2.24) is 9.13 Å². The fourth-order valence-electron chi connectivity index (χ4n) is 3.97. The molecule has 0 fully saturated rings. The highest BCUT2D eigenvalue weighted by Crippen LogP contribution is 2.16. The number of hydrogen-bond donors (Lipinski definition) is 1. The molecule has 1 N–H and O–H groups in total. The molecule has 0 saturated carbocycles. The van der Waals surface area contributed by atoms with E-state index in [0.717, 1.165) is 57.8 Å². The zero-order chi connectivity index (χ0) is 26.4. The SMILES string of the molecule is O=C=NCCCCCCc1c(O)n(CCCCCCN=C=O)c(=O)n(CCCCCCN=C=O)c1=O. The average molecular weight is 504 g/mol. The number of rotatable bonds is 21. The van der Waals surface area contributed by atoms with Gasteiger partial charge in [0.25, 0.3) is 5.56 Å². The highest BCUT2D eigenvalue weighted by molar-refractivity contribution is 5.33. The van der Waals surface area contributed by atoms with E-state index in [2.05, 4.69) is 15.0 Å². The van der Waals surface area contributed by atoms with Crippen molar-refractivity contribution >= 4 is 18.2 Å². The second kappa shape index (κ2) is 19.9. The van der Waals surface area contributed by atoms with Gasteiger partial charge in [-0.2, -0.15) is 0 Å². The number of carbonyl (C=O) groups excluding carboxylic acids is 3. The van der Waals surface area contributed by atoms with Gasteiger partial charge in [0, 0.05) is 13.1 Å². The van der Waals surface area contributed by atoms with Crippen molar-refractivity contribution in [2.75, 3.05) is 19.6 Å². The molecule has 1 heterocycles. The second-order valence-corrected chi connectivity index (χ2v) is 8.60. The first-order valence-electron chi connectivity index (χ1n) is 12.7. The number of hydrogen-bond acceptors (Lipinski definition) is 9. The molecule has 0 aliphatic heterocycles. The maximum absolute atomic E-state index is 13.1. The molecule has 36 heavy (non-hydrogen) atoms. The van der Waals surface area contributed by atoms with Gasteiger partial charge >= 0.3 is 5.69 Å². The van der Waals surface area contributed by atoms with Crippen LogP contribution in [-0.4, -0.2) is 52.1 Å². The van der Waals surface area contributed by atoms with E-state index < -0.39 is 11.2 Å². The van der Waals surface area contributed by atoms with Gasteiger partial charge in [0.2, 0.25) is 24.1 Å². The quantitative estimate of drug-likeness (QED) is 0.155. The summed E-state index contributed by atoms with van der Waals surface area (Å²) in [5, 5.41) is 10.8. The lowest BCUT2D eigenvalue weighted by molar-refractivity contribution is 0.370. The molecule has 198 valence electrons. The van der Waals surface area contributed by atoms with Crippen LogP contribution in [0.2, 0.25) is 0 Å². The van der Waals surface area contributed by atoms with Crippen LogP contribution in [0.3, 0.4) is 0 Å². The highest BCUT2D eigenvalue weighted by atomic mass is 16.3. The summed E-state index contributed by atoms with van der Waals surface area (Å²) < 4.78 is 2.51. The zero-order valence-electron chi connectivity index (χ0n) is 21.0. The Morgan fingerprint density at radius 1 is 0.583 bits per heavy atom. The molecular weight excluding hydrogens is 466 g/mol. The van der Waals surface area contributed by atoms with Crippen molar-refractivity contribution in [2.24, 2.45) is 15.0 Å². The Balaban J connectivity index is 2.88. The van der Waals surface area contributed by atoms with Gasteiger partial charge in [-0.25, -0.2) is 34.2 Å². The molecule has 11 nitrogen and oxygen atoms in total. The van der Waals surface area contributed by atoms with Crippen LogP contribution in [-0.2, 0) is 33.9 Å². The van der Waals surface area contributed by atoms with E-state index in [4.69, 9.17) is 0 Å². The Hall–Kier alpha value is -3.38. The molecule has 0 bridgehead atoms. The third-order valence-corrected chi connectivity index (χ3v) is 5.93. The fourth-order valence-corrected chi connectivity index (χ4v) is 3.97. The summed E-state index contributed by atoms with van der Waals surface area (Å²) in [7, 11) is 0. The molecule has 0 aliphatic rings. The molecule has 0 spiro atoms. The van der Waals surface area contributed by atoms with Crippen molar-refractivity contribution < 1.29 is 19.5 Å². The average Bonchev–Trinajstić information content (AvgIpc) is 2.87. The normalized spacial score (nSPS) is 10.3. The minimum absolute atomic E-state index is 0.251. The van der Waals surface area contributed by atoms with Crippen LogP contribution in [0.5, 0.6) is 5.88 Å². The molecule has 11 heteroatoms. The summed E-state index contributed by atoms with van der Waals surface area (Å²) >= 11 is 0. The van der Waals surface area contributed by atoms with E-state index in [9.17, 15) is 29.1 Å². The molecule has 0 aliphatic carbocycles. The Bertz CT molecular complexity index is 979. The monoisotopic (exact) mass is 503 g/mol. The third kappa shape index (κ3) is 11.8. The summed E-state index contributed by atoms with van der Waals surface area (Å²) in [6.45, 7) is 1.82. The number of aromatic hydroxyl groups is 1. The van der Waals surface area contributed by atoms with Crippen LogP contribution in [0, 0.1) is 0 Å². The van der Waals surface area contributed by atoms with Crippen molar-refractivity contribution in [3.63, 3.8) is 0 Å². The van der Waals surface area contributed by atoms with E-state index >= 15 is 0 Å². The number of unbranched alkanes of at least 4 members (excludes halogenated alkanes) is 9. The molecule has 0 amide bonds. The van der Waals surface area contributed by atoms with Gasteiger partial charge in [-0.1, -0.05) is 38.5 Å². The van der Waals surface area contributed by atoms with E-state index in [1.165, 1.54) is 27.4 Å². The van der Waals surface area contributed by atoms with Gasteiger partial charge in [-0.05, 0) is 44.9 Å². The van der Waals surface area contributed by atoms with Crippen molar-refractivity contribution in [1.29, 1.82) is 0 Å². The van der Waals surface area contributed by atoms with Crippen LogP contribution in [0.4, 0.5) is 0 Å². The summed E-state index contributed by atoms with van der Waals surface area (Å²) in [5.74, 6) is -0.260. The van der Waals surface area contributed by atoms with Gasteiger partial charge in [-0.15, -0.1) is 0 Å². The maximum Gasteiger partial charge on any atom is 0.333 e. The first-order valence-corrected chi connectivity index (χ1v) is 12.7. The molecule has 1 aromatic rings. The van der Waals surface area contributed by atoms with Crippen molar-refractivity contribution in [2.45, 2.75) is 96.6 Å². The Kier molecular flexibility index (Phi) is 16.9. The number of isocyanates is 3. The van der Waals surface area contributed by atoms with Crippen LogP contribution >= 0.6 is 0 Å². The standard InChI is InChI=1S/C25H37N5O6/c31-19-26-14-8-2-1-7-13-22-23(34)29(17-11-5-3-9-15-27-20-32)25(36)30(24(22)35)18-12-6-4-10-16-28-21-33/h34H,1-18H2. The van der Waals surface area contributed by atoms with Crippen LogP contribution < -0.4 is 11.2 Å². The molecule has 0 radical (unpaired) electrons. The summed E-state index contributed by atoms with van der Waals surface area (Å²) in [6.07, 6.45) is 13.9. The third-order valence-electron chi connectivity index (χ3n) is 5.93. The largest absolute Gasteiger partial charge is 0.494 e.